The van der Waals surface area contributed by atoms with Gasteiger partial charge >= 0.3 is 0 Å². The van der Waals surface area contributed by atoms with Crippen LogP contribution in [0.2, 0.25) is 0 Å². The minimum Gasteiger partial charge on any atom is -0.493 e. The largest absolute Gasteiger partial charge is 0.493 e. The van der Waals surface area contributed by atoms with Gasteiger partial charge < -0.3 is 19.9 Å². The van der Waals surface area contributed by atoms with E-state index in [2.05, 4.69) is 5.32 Å². The van der Waals surface area contributed by atoms with E-state index in [-0.39, 0.29) is 29.8 Å². The highest BCUT2D eigenvalue weighted by Gasteiger charge is 2.38. The van der Waals surface area contributed by atoms with Crippen LogP contribution in [0, 0.1) is 17.7 Å². The molecule has 3 rings (SSSR count). The molecular formula is C21H30FNO4. The van der Waals surface area contributed by atoms with Crippen LogP contribution in [0.25, 0.3) is 0 Å². The van der Waals surface area contributed by atoms with E-state index < -0.39 is 5.60 Å². The molecule has 0 aliphatic heterocycles. The molecule has 2 N–H and O–H groups in total. The minimum absolute atomic E-state index is 0.0541. The quantitative estimate of drug-likeness (QED) is 0.795. The van der Waals surface area contributed by atoms with Crippen molar-refractivity contribution in [1.82, 2.24) is 5.32 Å². The summed E-state index contributed by atoms with van der Waals surface area (Å²) in [6.07, 6.45) is 4.85. The van der Waals surface area contributed by atoms with Crippen LogP contribution in [0.3, 0.4) is 0 Å². The Morgan fingerprint density at radius 1 is 1.19 bits per heavy atom. The lowest BCUT2D eigenvalue weighted by Gasteiger charge is -2.38. The maximum atomic E-state index is 13.4. The van der Waals surface area contributed by atoms with Crippen molar-refractivity contribution in [1.29, 1.82) is 0 Å². The molecule has 0 unspecified atom stereocenters. The molecule has 1 aromatic carbocycles. The van der Waals surface area contributed by atoms with E-state index in [9.17, 15) is 14.3 Å². The van der Waals surface area contributed by atoms with Crippen molar-refractivity contribution in [3.8, 4) is 11.5 Å². The van der Waals surface area contributed by atoms with Crippen molar-refractivity contribution in [2.45, 2.75) is 70.1 Å². The molecule has 5 nitrogen and oxygen atoms in total. The number of carbonyl (C=O) groups is 1. The molecule has 0 atom stereocenters. The number of hydrogen-bond donors (Lipinski definition) is 2. The number of halogens is 1. The summed E-state index contributed by atoms with van der Waals surface area (Å²) in [6, 6.07) is 4.37. The highest BCUT2D eigenvalue weighted by Crippen LogP contribution is 2.37. The Morgan fingerprint density at radius 2 is 1.85 bits per heavy atom. The number of aliphatic hydroxyl groups is 1. The summed E-state index contributed by atoms with van der Waals surface area (Å²) in [5, 5.41) is 13.3. The summed E-state index contributed by atoms with van der Waals surface area (Å²) in [6.45, 7) is 3.72. The Hall–Kier alpha value is -1.82. The molecule has 150 valence electrons. The van der Waals surface area contributed by atoms with Crippen molar-refractivity contribution in [2.75, 3.05) is 7.11 Å². The number of rotatable bonds is 6. The number of amides is 1. The van der Waals surface area contributed by atoms with Gasteiger partial charge in [0.2, 0.25) is 5.91 Å². The SMILES string of the molecule is COc1ccc(F)cc1OC1CC(C(=O)NC2CCC(C(C)(C)O)CC2)C1. The van der Waals surface area contributed by atoms with E-state index in [1.165, 1.54) is 25.3 Å². The standard InChI is InChI=1S/C21H30FNO4/c1-21(2,25)14-4-7-16(8-5-14)23-20(24)13-10-17(11-13)27-19-12-15(22)6-9-18(19)26-3/h6,9,12-14,16-17,25H,4-5,7-8,10-11H2,1-3H3,(H,23,24). The Kier molecular flexibility index (Phi) is 5.94. The molecule has 0 aromatic heterocycles. The number of carbonyl (C=O) groups excluding carboxylic acids is 1. The first-order valence-electron chi connectivity index (χ1n) is 9.79. The first-order chi connectivity index (χ1) is 12.8. The average molecular weight is 379 g/mol. The van der Waals surface area contributed by atoms with E-state index in [0.717, 1.165) is 25.7 Å². The number of nitrogens with one attached hydrogen (secondary N) is 1. The molecule has 27 heavy (non-hydrogen) atoms. The van der Waals surface area contributed by atoms with Crippen molar-refractivity contribution in [3.63, 3.8) is 0 Å². The van der Waals surface area contributed by atoms with Gasteiger partial charge in [0.25, 0.3) is 0 Å². The number of hydrogen-bond acceptors (Lipinski definition) is 4. The van der Waals surface area contributed by atoms with Gasteiger partial charge in [-0.1, -0.05) is 0 Å². The van der Waals surface area contributed by atoms with Crippen LogP contribution in [-0.2, 0) is 4.79 Å². The number of benzene rings is 1. The van der Waals surface area contributed by atoms with Crippen LogP contribution in [-0.4, -0.2) is 35.9 Å². The zero-order valence-electron chi connectivity index (χ0n) is 16.3. The van der Waals surface area contributed by atoms with Gasteiger partial charge in [-0.25, -0.2) is 4.39 Å². The van der Waals surface area contributed by atoms with Gasteiger partial charge in [0.05, 0.1) is 12.7 Å². The summed E-state index contributed by atoms with van der Waals surface area (Å²) < 4.78 is 24.4. The zero-order chi connectivity index (χ0) is 19.6. The third-order valence-electron chi connectivity index (χ3n) is 5.96. The van der Waals surface area contributed by atoms with Gasteiger partial charge in [0.15, 0.2) is 11.5 Å². The normalized spacial score (nSPS) is 28.2. The highest BCUT2D eigenvalue weighted by atomic mass is 19.1. The van der Waals surface area contributed by atoms with Crippen LogP contribution < -0.4 is 14.8 Å². The maximum Gasteiger partial charge on any atom is 0.223 e. The molecule has 0 radical (unpaired) electrons. The van der Waals surface area contributed by atoms with Crippen LogP contribution in [0.15, 0.2) is 18.2 Å². The fourth-order valence-corrected chi connectivity index (χ4v) is 4.06. The number of methoxy groups -OCH3 is 1. The summed E-state index contributed by atoms with van der Waals surface area (Å²) >= 11 is 0. The fourth-order valence-electron chi connectivity index (χ4n) is 4.06. The number of ether oxygens (including phenoxy) is 2. The molecule has 2 aliphatic rings. The first-order valence-corrected chi connectivity index (χ1v) is 9.79. The van der Waals surface area contributed by atoms with Gasteiger partial charge in [0, 0.05) is 18.0 Å². The molecule has 2 aliphatic carbocycles. The van der Waals surface area contributed by atoms with Gasteiger partial charge in [0.1, 0.15) is 11.9 Å². The molecule has 2 fully saturated rings. The lowest BCUT2D eigenvalue weighted by atomic mass is 9.76. The lowest BCUT2D eigenvalue weighted by Crippen LogP contribution is -2.48. The molecule has 0 bridgehead atoms. The van der Waals surface area contributed by atoms with E-state index >= 15 is 0 Å². The van der Waals surface area contributed by atoms with E-state index in [0.29, 0.717) is 30.3 Å². The van der Waals surface area contributed by atoms with Crippen molar-refractivity contribution in [2.24, 2.45) is 11.8 Å². The third kappa shape index (κ3) is 4.92. The summed E-state index contributed by atoms with van der Waals surface area (Å²) in [4.78, 5) is 12.4. The zero-order valence-corrected chi connectivity index (χ0v) is 16.3. The second-order valence-corrected chi connectivity index (χ2v) is 8.41. The average Bonchev–Trinajstić information content (AvgIpc) is 2.57. The van der Waals surface area contributed by atoms with Crippen LogP contribution >= 0.6 is 0 Å². The van der Waals surface area contributed by atoms with Crippen molar-refractivity contribution >= 4 is 5.91 Å². The Morgan fingerprint density at radius 3 is 2.44 bits per heavy atom. The van der Waals surface area contributed by atoms with Crippen molar-refractivity contribution < 1.29 is 23.8 Å². The van der Waals surface area contributed by atoms with Crippen molar-refractivity contribution in [3.05, 3.63) is 24.0 Å². The molecule has 6 heteroatoms. The molecule has 2 saturated carbocycles. The highest BCUT2D eigenvalue weighted by molar-refractivity contribution is 5.80. The molecule has 1 amide bonds. The van der Waals surface area contributed by atoms with Gasteiger partial charge in [-0.3, -0.25) is 4.79 Å². The topological polar surface area (TPSA) is 67.8 Å². The van der Waals surface area contributed by atoms with Gasteiger partial charge in [-0.2, -0.15) is 0 Å². The van der Waals surface area contributed by atoms with Crippen LogP contribution in [0.1, 0.15) is 52.4 Å². The summed E-state index contributed by atoms with van der Waals surface area (Å²) in [5.41, 5.74) is -0.647. The van der Waals surface area contributed by atoms with Crippen LogP contribution in [0.5, 0.6) is 11.5 Å². The predicted octanol–water partition coefficient (Wildman–Crippen LogP) is 3.44. The monoisotopic (exact) mass is 379 g/mol. The van der Waals surface area contributed by atoms with E-state index in [1.807, 2.05) is 13.8 Å². The first kappa shape index (κ1) is 19.9. The predicted molar refractivity (Wildman–Crippen MR) is 100 cm³/mol. The Bertz CT molecular complexity index is 659. The molecular weight excluding hydrogens is 349 g/mol. The fraction of sp³-hybridized carbons (Fsp3) is 0.667. The van der Waals surface area contributed by atoms with E-state index in [1.54, 1.807) is 0 Å². The second kappa shape index (κ2) is 8.05. The Labute approximate surface area is 160 Å². The molecule has 1 aromatic rings. The van der Waals surface area contributed by atoms with Gasteiger partial charge in [-0.15, -0.1) is 0 Å². The van der Waals surface area contributed by atoms with Crippen LogP contribution in [0.4, 0.5) is 4.39 Å². The molecule has 0 saturated heterocycles. The Balaban J connectivity index is 1.42. The summed E-state index contributed by atoms with van der Waals surface area (Å²) in [7, 11) is 1.52. The van der Waals surface area contributed by atoms with E-state index in [4.69, 9.17) is 9.47 Å². The summed E-state index contributed by atoms with van der Waals surface area (Å²) in [5.74, 6) is 0.822. The smallest absolute Gasteiger partial charge is 0.223 e. The third-order valence-corrected chi connectivity index (χ3v) is 5.96. The minimum atomic E-state index is -0.647. The lowest BCUT2D eigenvalue weighted by molar-refractivity contribution is -0.131. The molecule has 0 heterocycles. The maximum absolute atomic E-state index is 13.4. The second-order valence-electron chi connectivity index (χ2n) is 8.41. The van der Waals surface area contributed by atoms with Gasteiger partial charge in [-0.05, 0) is 70.4 Å². The molecule has 0 spiro atoms.